The predicted molar refractivity (Wildman–Crippen MR) is 307 cm³/mol. The van der Waals surface area contributed by atoms with Gasteiger partial charge in [-0.15, -0.1) is 0 Å². The zero-order chi connectivity index (χ0) is 54.5. The fourth-order valence-electron chi connectivity index (χ4n) is 8.71. The lowest BCUT2D eigenvalue weighted by molar-refractivity contribution is -0.00348. The highest BCUT2D eigenvalue weighted by Gasteiger charge is 2.37. The summed E-state index contributed by atoms with van der Waals surface area (Å²) in [5.74, 6) is 1.97. The highest BCUT2D eigenvalue weighted by atomic mass is 16.5. The molecule has 392 valence electrons. The van der Waals surface area contributed by atoms with Crippen LogP contribution >= 0.6 is 0 Å². The van der Waals surface area contributed by atoms with Gasteiger partial charge in [0.2, 0.25) is 0 Å². The second-order valence-corrected chi connectivity index (χ2v) is 18.7. The number of hydrogen-bond acceptors (Lipinski definition) is 16. The van der Waals surface area contributed by atoms with Crippen LogP contribution in [0.4, 0.5) is 0 Å². The molecule has 0 atom stereocenters. The number of pyridine rings is 12. The summed E-state index contributed by atoms with van der Waals surface area (Å²) in [6.07, 6.45) is 13.8. The molecule has 0 bridgehead atoms. The molecule has 81 heavy (non-hydrogen) atoms. The Balaban J connectivity index is 0.999. The summed E-state index contributed by atoms with van der Waals surface area (Å²) < 4.78 is 28.3. The first-order valence-electron chi connectivity index (χ1n) is 26.0. The molecule has 12 rings (SSSR count). The van der Waals surface area contributed by atoms with Gasteiger partial charge in [0.05, 0.1) is 91.1 Å². The molecule has 0 unspecified atom stereocenters. The number of aromatic nitrogens is 12. The van der Waals surface area contributed by atoms with Gasteiger partial charge in [-0.25, -0.2) is 19.9 Å². The van der Waals surface area contributed by atoms with Crippen LogP contribution in [0.5, 0.6) is 23.0 Å². The van der Waals surface area contributed by atoms with Gasteiger partial charge in [0.15, 0.2) is 0 Å². The number of rotatable bonds is 20. The lowest BCUT2D eigenvalue weighted by Gasteiger charge is -2.33. The van der Waals surface area contributed by atoms with E-state index < -0.39 is 5.41 Å². The zero-order valence-electron chi connectivity index (χ0n) is 43.4. The summed E-state index contributed by atoms with van der Waals surface area (Å²) in [4.78, 5) is 57.3. The summed E-state index contributed by atoms with van der Waals surface area (Å²) in [7, 11) is 0. The minimum Gasteiger partial charge on any atom is -0.492 e. The quantitative estimate of drug-likeness (QED) is 0.0699. The molecule has 0 aromatic carbocycles. The van der Waals surface area contributed by atoms with Crippen LogP contribution < -0.4 is 18.9 Å². The summed E-state index contributed by atoms with van der Waals surface area (Å²) in [6, 6.07) is 60.4. The first-order chi connectivity index (χ1) is 40.0. The Morgan fingerprint density at radius 1 is 0.210 bits per heavy atom. The van der Waals surface area contributed by atoms with Crippen LogP contribution in [0.25, 0.3) is 91.1 Å². The van der Waals surface area contributed by atoms with Crippen LogP contribution in [0.15, 0.2) is 244 Å². The summed E-state index contributed by atoms with van der Waals surface area (Å²) in [5, 5.41) is 0. The molecule has 16 nitrogen and oxygen atoms in total. The monoisotopic (exact) mass is 1060 g/mol. The van der Waals surface area contributed by atoms with Gasteiger partial charge in [-0.05, 0) is 97.1 Å². The minimum atomic E-state index is -1.17. The van der Waals surface area contributed by atoms with E-state index in [-0.39, 0.29) is 26.4 Å². The Kier molecular flexibility index (Phi) is 15.1. The average molecular weight is 1060 g/mol. The SMILES string of the molecule is c1ccc(-c2cc(OCC(COc3cc(-c4ccccn4)nc(-c4ccccn4)c3)(COc3cc(-c4ccccn4)nc(-c4ccccn4)c3)COc3cc(-c4ccccn4)nc(-c4ccccn4)c3)cc(-c3ccccn3)n2)nc1. The molecular formula is C65H48N12O4. The summed E-state index contributed by atoms with van der Waals surface area (Å²) >= 11 is 0. The van der Waals surface area contributed by atoms with Crippen LogP contribution in [0.1, 0.15) is 0 Å². The van der Waals surface area contributed by atoms with Crippen molar-refractivity contribution < 1.29 is 18.9 Å². The lowest BCUT2D eigenvalue weighted by Crippen LogP contribution is -2.45. The maximum atomic E-state index is 7.09. The van der Waals surface area contributed by atoms with Crippen molar-refractivity contribution in [3.8, 4) is 114 Å². The summed E-state index contributed by atoms with van der Waals surface area (Å²) in [6.45, 7) is -0.103. The standard InChI is InChI=1S/C65H48N12O4/c1-9-25-66-49(17-1)57-33-45(34-58(74-57)50-18-2-10-26-67-50)78-41-65(42-79-46-35-59(51-19-3-11-27-68-51)75-60(36-46)52-20-4-12-28-69-52,43-80-47-37-61(53-21-5-13-29-70-53)76-62(38-47)54-22-6-14-30-71-54)44-81-48-39-63(55-23-7-15-31-72-55)77-64(40-48)56-24-8-16-32-73-56/h1-40H,41-44H2. The third-order valence-corrected chi connectivity index (χ3v) is 12.8. The van der Waals surface area contributed by atoms with Crippen LogP contribution in [0.3, 0.4) is 0 Å². The Morgan fingerprint density at radius 3 is 0.506 bits per heavy atom. The molecule has 0 aliphatic carbocycles. The van der Waals surface area contributed by atoms with E-state index in [1.807, 2.05) is 194 Å². The Hall–Kier alpha value is -11.0. The highest BCUT2D eigenvalue weighted by molar-refractivity contribution is 5.68. The van der Waals surface area contributed by atoms with E-state index in [1.165, 1.54) is 0 Å². The maximum absolute atomic E-state index is 7.09. The molecule has 0 fully saturated rings. The van der Waals surface area contributed by atoms with Crippen LogP contribution in [0.2, 0.25) is 0 Å². The highest BCUT2D eigenvalue weighted by Crippen LogP contribution is 2.35. The van der Waals surface area contributed by atoms with Crippen molar-refractivity contribution in [3.05, 3.63) is 244 Å². The molecule has 0 radical (unpaired) electrons. The van der Waals surface area contributed by atoms with Crippen molar-refractivity contribution in [2.75, 3.05) is 26.4 Å². The van der Waals surface area contributed by atoms with Gasteiger partial charge < -0.3 is 18.9 Å². The van der Waals surface area contributed by atoms with Crippen molar-refractivity contribution in [1.82, 2.24) is 59.8 Å². The third-order valence-electron chi connectivity index (χ3n) is 12.8. The van der Waals surface area contributed by atoms with Crippen molar-refractivity contribution in [2.24, 2.45) is 5.41 Å². The molecule has 16 heteroatoms. The first kappa shape index (κ1) is 50.8. The van der Waals surface area contributed by atoms with Gasteiger partial charge in [0.25, 0.3) is 0 Å². The molecule has 0 aliphatic heterocycles. The smallest absolute Gasteiger partial charge is 0.123 e. The normalized spacial score (nSPS) is 11.2. The van der Waals surface area contributed by atoms with E-state index in [0.717, 1.165) is 0 Å². The second kappa shape index (κ2) is 24.1. The van der Waals surface area contributed by atoms with E-state index in [0.29, 0.717) is 114 Å². The molecule has 0 amide bonds. The van der Waals surface area contributed by atoms with Crippen LogP contribution in [-0.2, 0) is 0 Å². The molecule has 12 aromatic heterocycles. The molecule has 0 saturated heterocycles. The molecule has 0 N–H and O–H groups in total. The number of nitrogens with zero attached hydrogens (tertiary/aromatic N) is 12. The van der Waals surface area contributed by atoms with Gasteiger partial charge in [-0.1, -0.05) is 48.5 Å². The van der Waals surface area contributed by atoms with E-state index in [2.05, 4.69) is 39.9 Å². The predicted octanol–water partition coefficient (Wildman–Crippen LogP) is 12.4. The molecule has 0 saturated carbocycles. The third kappa shape index (κ3) is 12.6. The first-order valence-corrected chi connectivity index (χ1v) is 26.0. The van der Waals surface area contributed by atoms with Gasteiger partial charge in [-0.2, -0.15) is 0 Å². The number of hydrogen-bond donors (Lipinski definition) is 0. The van der Waals surface area contributed by atoms with Gasteiger partial charge in [0.1, 0.15) is 54.8 Å². The van der Waals surface area contributed by atoms with Crippen LogP contribution in [-0.4, -0.2) is 86.2 Å². The largest absolute Gasteiger partial charge is 0.492 e. The van der Waals surface area contributed by atoms with Crippen molar-refractivity contribution in [2.45, 2.75) is 0 Å². The fraction of sp³-hybridized carbons (Fsp3) is 0.0769. The van der Waals surface area contributed by atoms with E-state index in [9.17, 15) is 0 Å². The van der Waals surface area contributed by atoms with E-state index in [4.69, 9.17) is 38.9 Å². The Morgan fingerprint density at radius 2 is 0.370 bits per heavy atom. The lowest BCUT2D eigenvalue weighted by atomic mass is 9.92. The van der Waals surface area contributed by atoms with Crippen molar-refractivity contribution in [3.63, 3.8) is 0 Å². The molecule has 12 heterocycles. The van der Waals surface area contributed by atoms with Gasteiger partial charge in [-0.3, -0.25) is 39.9 Å². The second-order valence-electron chi connectivity index (χ2n) is 18.7. The Labute approximate surface area is 466 Å². The average Bonchev–Trinajstić information content (AvgIpc) is 3.57. The molecule has 0 aliphatic rings. The fourth-order valence-corrected chi connectivity index (χ4v) is 8.71. The van der Waals surface area contributed by atoms with Crippen LogP contribution in [0, 0.1) is 5.41 Å². The Bertz CT molecular complexity index is 3240. The minimum absolute atomic E-state index is 0.0256. The van der Waals surface area contributed by atoms with Gasteiger partial charge >= 0.3 is 0 Å². The molecule has 0 spiro atoms. The van der Waals surface area contributed by atoms with E-state index >= 15 is 0 Å². The van der Waals surface area contributed by atoms with Gasteiger partial charge in [0, 0.05) is 98.1 Å². The van der Waals surface area contributed by atoms with Crippen molar-refractivity contribution in [1.29, 1.82) is 0 Å². The van der Waals surface area contributed by atoms with Crippen molar-refractivity contribution >= 4 is 0 Å². The summed E-state index contributed by atoms with van der Waals surface area (Å²) in [5.41, 5.74) is 8.78. The number of ether oxygens (including phenoxy) is 4. The topological polar surface area (TPSA) is 192 Å². The zero-order valence-corrected chi connectivity index (χ0v) is 43.4. The molecule has 12 aromatic rings. The maximum Gasteiger partial charge on any atom is 0.123 e. The molecular weight excluding hydrogens is 1010 g/mol. The van der Waals surface area contributed by atoms with E-state index in [1.54, 1.807) is 49.6 Å².